The molecule has 100 valence electrons. The van der Waals surface area contributed by atoms with Gasteiger partial charge in [0.1, 0.15) is 0 Å². The van der Waals surface area contributed by atoms with Crippen LogP contribution in [0.15, 0.2) is 24.3 Å². The van der Waals surface area contributed by atoms with Gasteiger partial charge < -0.3 is 10.6 Å². The third-order valence-corrected chi connectivity index (χ3v) is 3.81. The van der Waals surface area contributed by atoms with Crippen LogP contribution >= 0.6 is 11.8 Å². The molecule has 1 aromatic rings. The highest BCUT2D eigenvalue weighted by Gasteiger charge is 2.04. The van der Waals surface area contributed by atoms with Crippen molar-refractivity contribution in [2.45, 2.75) is 26.4 Å². The molecule has 3 nitrogen and oxygen atoms in total. The van der Waals surface area contributed by atoms with Crippen LogP contribution in [0.1, 0.15) is 29.8 Å². The molecule has 0 heterocycles. The molecule has 0 aliphatic rings. The zero-order valence-electron chi connectivity index (χ0n) is 11.3. The predicted octanol–water partition coefficient (Wildman–Crippen LogP) is 2.28. The normalized spacial score (nSPS) is 12.2. The summed E-state index contributed by atoms with van der Waals surface area (Å²) in [4.78, 5) is 11.4. The van der Waals surface area contributed by atoms with Crippen LogP contribution in [0.4, 0.5) is 0 Å². The van der Waals surface area contributed by atoms with Crippen molar-refractivity contribution in [1.29, 1.82) is 0 Å². The molecule has 1 amide bonds. The molecule has 0 bridgehead atoms. The number of hydrogen-bond acceptors (Lipinski definition) is 3. The van der Waals surface area contributed by atoms with E-state index < -0.39 is 0 Å². The van der Waals surface area contributed by atoms with Gasteiger partial charge in [-0.15, -0.1) is 0 Å². The van der Waals surface area contributed by atoms with Gasteiger partial charge in [-0.1, -0.05) is 19.1 Å². The largest absolute Gasteiger partial charge is 0.355 e. The molecule has 1 atom stereocenters. The maximum atomic E-state index is 11.4. The molecule has 0 saturated carbocycles. The van der Waals surface area contributed by atoms with Gasteiger partial charge in [-0.2, -0.15) is 11.8 Å². The number of amides is 1. The molecule has 0 fully saturated rings. The van der Waals surface area contributed by atoms with Crippen molar-refractivity contribution in [2.75, 3.05) is 18.6 Å². The topological polar surface area (TPSA) is 41.1 Å². The van der Waals surface area contributed by atoms with Gasteiger partial charge in [0.25, 0.3) is 5.91 Å². The summed E-state index contributed by atoms with van der Waals surface area (Å²) < 4.78 is 0. The Morgan fingerprint density at radius 1 is 1.33 bits per heavy atom. The van der Waals surface area contributed by atoms with E-state index in [0.29, 0.717) is 11.6 Å². The van der Waals surface area contributed by atoms with Crippen LogP contribution in [-0.4, -0.2) is 30.5 Å². The second kappa shape index (κ2) is 8.16. The third kappa shape index (κ3) is 5.10. The lowest BCUT2D eigenvalue weighted by Crippen LogP contribution is -2.27. The summed E-state index contributed by atoms with van der Waals surface area (Å²) in [5, 5.41) is 6.09. The average Bonchev–Trinajstić information content (AvgIpc) is 2.42. The van der Waals surface area contributed by atoms with Crippen molar-refractivity contribution < 1.29 is 4.79 Å². The first-order chi connectivity index (χ1) is 8.67. The lowest BCUT2D eigenvalue weighted by Gasteiger charge is -2.13. The van der Waals surface area contributed by atoms with Crippen molar-refractivity contribution in [2.24, 2.45) is 0 Å². The zero-order chi connectivity index (χ0) is 13.4. The maximum absolute atomic E-state index is 11.4. The summed E-state index contributed by atoms with van der Waals surface area (Å²) in [5.74, 6) is 2.25. The highest BCUT2D eigenvalue weighted by atomic mass is 32.2. The van der Waals surface area contributed by atoms with Crippen molar-refractivity contribution in [1.82, 2.24) is 10.6 Å². The molecule has 0 radical (unpaired) electrons. The van der Waals surface area contributed by atoms with Gasteiger partial charge in [0.2, 0.25) is 0 Å². The van der Waals surface area contributed by atoms with Crippen LogP contribution in [-0.2, 0) is 6.54 Å². The molecule has 18 heavy (non-hydrogen) atoms. The fourth-order valence-electron chi connectivity index (χ4n) is 1.56. The van der Waals surface area contributed by atoms with E-state index >= 15 is 0 Å². The summed E-state index contributed by atoms with van der Waals surface area (Å²) in [6, 6.07) is 8.23. The minimum Gasteiger partial charge on any atom is -0.355 e. The number of benzene rings is 1. The predicted molar refractivity (Wildman–Crippen MR) is 79.1 cm³/mol. The number of nitrogens with one attached hydrogen (secondary N) is 2. The first kappa shape index (κ1) is 15.1. The Morgan fingerprint density at radius 2 is 2.00 bits per heavy atom. The SMILES string of the molecule is CCSCC(C)NCc1ccc(C(=O)NC)cc1. The van der Waals surface area contributed by atoms with Crippen LogP contribution in [0.5, 0.6) is 0 Å². The van der Waals surface area contributed by atoms with E-state index in [1.54, 1.807) is 7.05 Å². The third-order valence-electron chi connectivity index (χ3n) is 2.67. The van der Waals surface area contributed by atoms with Gasteiger partial charge in [0.05, 0.1) is 0 Å². The van der Waals surface area contributed by atoms with Gasteiger partial charge in [-0.25, -0.2) is 0 Å². The Morgan fingerprint density at radius 3 is 2.56 bits per heavy atom. The molecule has 0 aromatic heterocycles. The minimum atomic E-state index is -0.0396. The fraction of sp³-hybridized carbons (Fsp3) is 0.500. The molecule has 0 aliphatic heterocycles. The average molecular weight is 266 g/mol. The highest BCUT2D eigenvalue weighted by Crippen LogP contribution is 2.06. The van der Waals surface area contributed by atoms with E-state index in [2.05, 4.69) is 24.5 Å². The van der Waals surface area contributed by atoms with E-state index in [9.17, 15) is 4.79 Å². The van der Waals surface area contributed by atoms with Gasteiger partial charge in [0, 0.05) is 31.0 Å². The fourth-order valence-corrected chi connectivity index (χ4v) is 2.27. The van der Waals surface area contributed by atoms with Crippen molar-refractivity contribution in [3.05, 3.63) is 35.4 Å². The number of hydrogen-bond donors (Lipinski definition) is 2. The van der Waals surface area contributed by atoms with E-state index in [1.165, 1.54) is 5.56 Å². The van der Waals surface area contributed by atoms with Gasteiger partial charge in [0.15, 0.2) is 0 Å². The van der Waals surface area contributed by atoms with Crippen LogP contribution in [0.3, 0.4) is 0 Å². The zero-order valence-corrected chi connectivity index (χ0v) is 12.1. The Hall–Kier alpha value is -1.00. The van der Waals surface area contributed by atoms with Crippen LogP contribution in [0.2, 0.25) is 0 Å². The maximum Gasteiger partial charge on any atom is 0.251 e. The Balaban J connectivity index is 2.41. The van der Waals surface area contributed by atoms with E-state index in [1.807, 2.05) is 36.0 Å². The van der Waals surface area contributed by atoms with E-state index in [0.717, 1.165) is 18.1 Å². The second-order valence-electron chi connectivity index (χ2n) is 4.22. The molecule has 1 rings (SSSR count). The van der Waals surface area contributed by atoms with Gasteiger partial charge in [-0.05, 0) is 30.4 Å². The summed E-state index contributed by atoms with van der Waals surface area (Å²) in [7, 11) is 1.64. The smallest absolute Gasteiger partial charge is 0.251 e. The molecular weight excluding hydrogens is 244 g/mol. The second-order valence-corrected chi connectivity index (χ2v) is 5.54. The van der Waals surface area contributed by atoms with Crippen LogP contribution < -0.4 is 10.6 Å². The van der Waals surface area contributed by atoms with E-state index in [4.69, 9.17) is 0 Å². The molecule has 4 heteroatoms. The van der Waals surface area contributed by atoms with Gasteiger partial charge >= 0.3 is 0 Å². The van der Waals surface area contributed by atoms with Crippen LogP contribution in [0, 0.1) is 0 Å². The molecule has 0 aliphatic carbocycles. The molecule has 0 saturated heterocycles. The van der Waals surface area contributed by atoms with Crippen molar-refractivity contribution >= 4 is 17.7 Å². The summed E-state index contributed by atoms with van der Waals surface area (Å²) in [5.41, 5.74) is 1.91. The van der Waals surface area contributed by atoms with Gasteiger partial charge in [-0.3, -0.25) is 4.79 Å². The molecular formula is C14H22N2OS. The number of thioether (sulfide) groups is 1. The molecule has 0 spiro atoms. The first-order valence-electron chi connectivity index (χ1n) is 6.29. The highest BCUT2D eigenvalue weighted by molar-refractivity contribution is 7.99. The number of carbonyl (C=O) groups is 1. The first-order valence-corrected chi connectivity index (χ1v) is 7.45. The lowest BCUT2D eigenvalue weighted by atomic mass is 10.1. The van der Waals surface area contributed by atoms with E-state index in [-0.39, 0.29) is 5.91 Å². The number of rotatable bonds is 7. The minimum absolute atomic E-state index is 0.0396. The summed E-state index contributed by atoms with van der Waals surface area (Å²) in [6.07, 6.45) is 0. The summed E-state index contributed by atoms with van der Waals surface area (Å²) in [6.45, 7) is 5.22. The molecule has 1 unspecified atom stereocenters. The van der Waals surface area contributed by atoms with Crippen molar-refractivity contribution in [3.63, 3.8) is 0 Å². The summed E-state index contributed by atoms with van der Waals surface area (Å²) >= 11 is 1.95. The standard InChI is InChI=1S/C14H22N2OS/c1-4-18-10-11(2)16-9-12-5-7-13(8-6-12)14(17)15-3/h5-8,11,16H,4,9-10H2,1-3H3,(H,15,17). The lowest BCUT2D eigenvalue weighted by molar-refractivity contribution is 0.0963. The quantitative estimate of drug-likeness (QED) is 0.795. The van der Waals surface area contributed by atoms with Crippen LogP contribution in [0.25, 0.3) is 0 Å². The molecule has 1 aromatic carbocycles. The molecule has 2 N–H and O–H groups in total. The Bertz CT molecular complexity index is 365. The Kier molecular flexibility index (Phi) is 6.83. The van der Waals surface area contributed by atoms with Crippen molar-refractivity contribution in [3.8, 4) is 0 Å². The Labute approximate surface area is 114 Å². The monoisotopic (exact) mass is 266 g/mol. The number of carbonyl (C=O) groups excluding carboxylic acids is 1.